The van der Waals surface area contributed by atoms with Gasteiger partial charge < -0.3 is 9.64 Å². The van der Waals surface area contributed by atoms with E-state index in [4.69, 9.17) is 4.74 Å². The summed E-state index contributed by atoms with van der Waals surface area (Å²) in [6.45, 7) is 5.08. The molecule has 1 amide bonds. The largest absolute Gasteiger partial charge is 0.381 e. The lowest BCUT2D eigenvalue weighted by Gasteiger charge is -2.23. The predicted octanol–water partition coefficient (Wildman–Crippen LogP) is 4.99. The summed E-state index contributed by atoms with van der Waals surface area (Å²) in [5, 5.41) is 0. The molecule has 3 nitrogen and oxygen atoms in total. The number of hydrogen-bond acceptors (Lipinski definition) is 3. The number of nitrogens with zero attached hydrogens (tertiary/aromatic N) is 1. The fourth-order valence-corrected chi connectivity index (χ4v) is 5.06. The number of likely N-dealkylation sites (tertiary alicyclic amines) is 1. The lowest BCUT2D eigenvalue weighted by Crippen LogP contribution is -2.27. The second-order valence-corrected chi connectivity index (χ2v) is 8.30. The molecule has 5 heteroatoms. The molecule has 138 valence electrons. The Labute approximate surface area is 157 Å². The van der Waals surface area contributed by atoms with Gasteiger partial charge in [-0.25, -0.2) is 4.39 Å². The molecule has 3 heterocycles. The van der Waals surface area contributed by atoms with Gasteiger partial charge in [-0.3, -0.25) is 4.79 Å². The van der Waals surface area contributed by atoms with E-state index >= 15 is 0 Å². The highest BCUT2D eigenvalue weighted by molar-refractivity contribution is 7.17. The van der Waals surface area contributed by atoms with Crippen LogP contribution in [0, 0.1) is 12.7 Å². The molecule has 0 unspecified atom stereocenters. The Bertz CT molecular complexity index is 804. The molecule has 1 aromatic heterocycles. The van der Waals surface area contributed by atoms with Gasteiger partial charge in [-0.15, -0.1) is 11.3 Å². The highest BCUT2D eigenvalue weighted by Gasteiger charge is 2.24. The monoisotopic (exact) mass is 373 g/mol. The van der Waals surface area contributed by atoms with E-state index < -0.39 is 0 Å². The summed E-state index contributed by atoms with van der Waals surface area (Å²) in [5.74, 6) is 0.221. The molecule has 2 aliphatic heterocycles. The smallest absolute Gasteiger partial charge is 0.264 e. The molecule has 0 atom stereocenters. The van der Waals surface area contributed by atoms with E-state index in [1.54, 1.807) is 6.07 Å². The van der Waals surface area contributed by atoms with Crippen molar-refractivity contribution >= 4 is 17.2 Å². The van der Waals surface area contributed by atoms with Crippen LogP contribution in [-0.2, 0) is 4.74 Å². The van der Waals surface area contributed by atoms with E-state index in [1.807, 2.05) is 30.0 Å². The summed E-state index contributed by atoms with van der Waals surface area (Å²) in [6.07, 6.45) is 3.93. The molecule has 0 spiro atoms. The maximum absolute atomic E-state index is 14.7. The van der Waals surface area contributed by atoms with Crippen LogP contribution in [0.2, 0.25) is 0 Å². The third-order valence-electron chi connectivity index (χ3n) is 5.45. The number of ether oxygens (including phenoxy) is 1. The topological polar surface area (TPSA) is 29.5 Å². The Morgan fingerprint density at radius 2 is 1.92 bits per heavy atom. The van der Waals surface area contributed by atoms with Crippen LogP contribution in [0.25, 0.3) is 10.4 Å². The highest BCUT2D eigenvalue weighted by Crippen LogP contribution is 2.36. The van der Waals surface area contributed by atoms with Crippen molar-refractivity contribution in [2.45, 2.75) is 38.5 Å². The number of carbonyl (C=O) groups excluding carboxylic acids is 1. The van der Waals surface area contributed by atoms with Crippen molar-refractivity contribution in [3.63, 3.8) is 0 Å². The zero-order valence-electron chi connectivity index (χ0n) is 15.1. The molecular weight excluding hydrogens is 349 g/mol. The summed E-state index contributed by atoms with van der Waals surface area (Å²) >= 11 is 1.48. The normalized spacial score (nSPS) is 18.5. The van der Waals surface area contributed by atoms with Crippen LogP contribution in [-0.4, -0.2) is 37.1 Å². The van der Waals surface area contributed by atoms with Crippen LogP contribution in [0.4, 0.5) is 4.39 Å². The third kappa shape index (κ3) is 3.42. The first-order valence-electron chi connectivity index (χ1n) is 9.41. The molecule has 0 bridgehead atoms. The fourth-order valence-electron chi connectivity index (χ4n) is 3.92. The molecule has 0 saturated carbocycles. The van der Waals surface area contributed by atoms with Crippen LogP contribution in [0.3, 0.4) is 0 Å². The van der Waals surface area contributed by atoms with E-state index in [1.165, 1.54) is 11.3 Å². The first kappa shape index (κ1) is 17.7. The van der Waals surface area contributed by atoms with Crippen molar-refractivity contribution < 1.29 is 13.9 Å². The van der Waals surface area contributed by atoms with Crippen LogP contribution in [0.5, 0.6) is 0 Å². The number of aryl methyl sites for hydroxylation is 1. The van der Waals surface area contributed by atoms with E-state index in [2.05, 4.69) is 0 Å². The van der Waals surface area contributed by atoms with E-state index in [0.29, 0.717) is 13.2 Å². The first-order valence-corrected chi connectivity index (χ1v) is 10.2. The SMILES string of the molecule is Cc1cc(-c2ccc(C3CCOCC3)c(F)c2)sc1C(=O)N1CCCC1. The summed E-state index contributed by atoms with van der Waals surface area (Å²) in [6, 6.07) is 7.54. The van der Waals surface area contributed by atoms with Gasteiger partial charge in [0.2, 0.25) is 0 Å². The summed E-state index contributed by atoms with van der Waals surface area (Å²) in [4.78, 5) is 16.4. The second kappa shape index (κ2) is 7.49. The fraction of sp³-hybridized carbons (Fsp3) is 0.476. The second-order valence-electron chi connectivity index (χ2n) is 7.25. The molecule has 0 N–H and O–H groups in total. The van der Waals surface area contributed by atoms with Crippen molar-refractivity contribution in [1.82, 2.24) is 4.90 Å². The van der Waals surface area contributed by atoms with E-state index in [-0.39, 0.29) is 17.6 Å². The Kier molecular flexibility index (Phi) is 5.09. The van der Waals surface area contributed by atoms with Crippen molar-refractivity contribution in [3.05, 3.63) is 46.1 Å². The number of rotatable bonds is 3. The zero-order valence-corrected chi connectivity index (χ0v) is 15.9. The number of hydrogen-bond donors (Lipinski definition) is 0. The van der Waals surface area contributed by atoms with Gasteiger partial charge in [-0.1, -0.05) is 12.1 Å². The maximum Gasteiger partial charge on any atom is 0.264 e. The number of carbonyl (C=O) groups is 1. The minimum Gasteiger partial charge on any atom is -0.381 e. The van der Waals surface area contributed by atoms with Crippen LogP contribution in [0.15, 0.2) is 24.3 Å². The standard InChI is InChI=1S/C21H24FNO2S/c1-14-12-19(26-20(14)21(24)23-8-2-3-9-23)16-4-5-17(18(22)13-16)15-6-10-25-11-7-15/h4-5,12-13,15H,2-3,6-11H2,1H3. The van der Waals surface area contributed by atoms with Gasteiger partial charge >= 0.3 is 0 Å². The molecule has 1 aromatic carbocycles. The summed E-state index contributed by atoms with van der Waals surface area (Å²) in [5.41, 5.74) is 2.63. The molecule has 2 saturated heterocycles. The Balaban J connectivity index is 1.58. The number of thiophene rings is 1. The average Bonchev–Trinajstić information content (AvgIpc) is 3.32. The average molecular weight is 373 g/mol. The predicted molar refractivity (Wildman–Crippen MR) is 102 cm³/mol. The lowest BCUT2D eigenvalue weighted by atomic mass is 9.90. The van der Waals surface area contributed by atoms with Crippen molar-refractivity contribution in [1.29, 1.82) is 0 Å². The molecule has 2 aromatic rings. The maximum atomic E-state index is 14.7. The first-order chi connectivity index (χ1) is 12.6. The zero-order chi connectivity index (χ0) is 18.1. The summed E-state index contributed by atoms with van der Waals surface area (Å²) in [7, 11) is 0. The Morgan fingerprint density at radius 1 is 1.19 bits per heavy atom. The number of halogens is 1. The minimum absolute atomic E-state index is 0.121. The molecular formula is C21H24FNO2S. The molecule has 2 aliphatic rings. The third-order valence-corrected chi connectivity index (χ3v) is 6.73. The Morgan fingerprint density at radius 3 is 2.62 bits per heavy atom. The lowest BCUT2D eigenvalue weighted by molar-refractivity contribution is 0.0797. The number of benzene rings is 1. The van der Waals surface area contributed by atoms with Gasteiger partial charge in [0.1, 0.15) is 5.82 Å². The molecule has 0 radical (unpaired) electrons. The van der Waals surface area contributed by atoms with Gasteiger partial charge in [0.15, 0.2) is 0 Å². The molecule has 4 rings (SSSR count). The van der Waals surface area contributed by atoms with E-state index in [9.17, 15) is 9.18 Å². The minimum atomic E-state index is -0.145. The van der Waals surface area contributed by atoms with Gasteiger partial charge in [0, 0.05) is 31.2 Å². The van der Waals surface area contributed by atoms with E-state index in [0.717, 1.165) is 65.2 Å². The summed E-state index contributed by atoms with van der Waals surface area (Å²) < 4.78 is 20.1. The van der Waals surface area contributed by atoms with Gasteiger partial charge in [0.25, 0.3) is 5.91 Å². The van der Waals surface area contributed by atoms with Crippen LogP contribution < -0.4 is 0 Å². The quantitative estimate of drug-likeness (QED) is 0.758. The van der Waals surface area contributed by atoms with Gasteiger partial charge in [0.05, 0.1) is 4.88 Å². The number of amides is 1. The van der Waals surface area contributed by atoms with Crippen molar-refractivity contribution in [2.24, 2.45) is 0 Å². The Hall–Kier alpha value is -1.72. The van der Waals surface area contributed by atoms with Crippen LogP contribution in [0.1, 0.15) is 52.4 Å². The van der Waals surface area contributed by atoms with Gasteiger partial charge in [-0.05, 0) is 67.3 Å². The molecule has 0 aliphatic carbocycles. The molecule has 2 fully saturated rings. The van der Waals surface area contributed by atoms with Crippen molar-refractivity contribution in [2.75, 3.05) is 26.3 Å². The van der Waals surface area contributed by atoms with Crippen molar-refractivity contribution in [3.8, 4) is 10.4 Å². The van der Waals surface area contributed by atoms with Crippen LogP contribution >= 0.6 is 11.3 Å². The molecule has 26 heavy (non-hydrogen) atoms. The van der Waals surface area contributed by atoms with Gasteiger partial charge in [-0.2, -0.15) is 0 Å². The highest BCUT2D eigenvalue weighted by atomic mass is 32.1.